The predicted molar refractivity (Wildman–Crippen MR) is 55.1 cm³/mol. The van der Waals surface area contributed by atoms with Gasteiger partial charge in [0.2, 0.25) is 0 Å². The third-order valence-corrected chi connectivity index (χ3v) is 3.40. The van der Waals surface area contributed by atoms with Crippen LogP contribution in [0.1, 0.15) is 46.5 Å². The first-order valence-electron chi connectivity index (χ1n) is 5.40. The zero-order chi connectivity index (χ0) is 8.97. The number of hydrogen-bond donors (Lipinski definition) is 0. The lowest BCUT2D eigenvalue weighted by Crippen LogP contribution is -2.10. The number of hydrogen-bond acceptors (Lipinski definition) is 0. The molecule has 0 saturated carbocycles. The molecular weight excluding hydrogens is 144 g/mol. The Bertz CT molecular complexity index is 146. The van der Waals surface area contributed by atoms with E-state index in [1.54, 1.807) is 0 Å². The minimum Gasteiger partial charge on any atom is -0.0882 e. The topological polar surface area (TPSA) is 0 Å². The van der Waals surface area contributed by atoms with Gasteiger partial charge in [-0.25, -0.2) is 0 Å². The van der Waals surface area contributed by atoms with Gasteiger partial charge in [-0.2, -0.15) is 0 Å². The maximum absolute atomic E-state index is 2.42. The first-order valence-corrected chi connectivity index (χ1v) is 5.40. The van der Waals surface area contributed by atoms with E-state index in [9.17, 15) is 0 Å². The highest BCUT2D eigenvalue weighted by molar-refractivity contribution is 4.96. The molecule has 1 aliphatic carbocycles. The molecule has 0 saturated heterocycles. The average molecular weight is 166 g/mol. The molecule has 0 heterocycles. The van der Waals surface area contributed by atoms with E-state index in [1.807, 2.05) is 0 Å². The summed E-state index contributed by atoms with van der Waals surface area (Å²) in [5.41, 5.74) is 0. The molecule has 0 nitrogen and oxygen atoms in total. The van der Waals surface area contributed by atoms with Gasteiger partial charge in [-0.3, -0.25) is 0 Å². The van der Waals surface area contributed by atoms with Gasteiger partial charge in [0.25, 0.3) is 0 Å². The minimum absolute atomic E-state index is 0.897. The van der Waals surface area contributed by atoms with Crippen LogP contribution in [-0.4, -0.2) is 0 Å². The molecule has 0 aromatic rings. The van der Waals surface area contributed by atoms with E-state index in [0.29, 0.717) is 0 Å². The molecule has 70 valence electrons. The fraction of sp³-hybridized carbons (Fsp3) is 0.833. The smallest absolute Gasteiger partial charge is 0.0228 e. The Hall–Kier alpha value is -0.260. The summed E-state index contributed by atoms with van der Waals surface area (Å²) >= 11 is 0. The SMILES string of the molecule is CCC(C)C(C)CC1C=CCC1. The largest absolute Gasteiger partial charge is 0.0882 e. The molecule has 12 heavy (non-hydrogen) atoms. The lowest BCUT2D eigenvalue weighted by atomic mass is 9.85. The lowest BCUT2D eigenvalue weighted by Gasteiger charge is -2.20. The average Bonchev–Trinajstić information content (AvgIpc) is 2.55. The summed E-state index contributed by atoms with van der Waals surface area (Å²) in [6.45, 7) is 7.08. The van der Waals surface area contributed by atoms with Crippen molar-refractivity contribution in [2.75, 3.05) is 0 Å². The fourth-order valence-electron chi connectivity index (χ4n) is 2.00. The Kier molecular flexibility index (Phi) is 3.84. The molecule has 0 amide bonds. The minimum atomic E-state index is 0.897. The Balaban J connectivity index is 2.25. The molecule has 0 radical (unpaired) electrons. The molecule has 0 fully saturated rings. The second-order valence-corrected chi connectivity index (χ2v) is 4.36. The van der Waals surface area contributed by atoms with Crippen LogP contribution < -0.4 is 0 Å². The van der Waals surface area contributed by atoms with Crippen molar-refractivity contribution >= 4 is 0 Å². The highest BCUT2D eigenvalue weighted by Crippen LogP contribution is 2.28. The van der Waals surface area contributed by atoms with Crippen LogP contribution in [0.5, 0.6) is 0 Å². The van der Waals surface area contributed by atoms with Gasteiger partial charge in [0, 0.05) is 0 Å². The second-order valence-electron chi connectivity index (χ2n) is 4.36. The first-order chi connectivity index (χ1) is 5.74. The van der Waals surface area contributed by atoms with Gasteiger partial charge in [0.05, 0.1) is 0 Å². The summed E-state index contributed by atoms with van der Waals surface area (Å²) in [5, 5.41) is 0. The molecule has 1 aliphatic rings. The van der Waals surface area contributed by atoms with Crippen molar-refractivity contribution in [3.63, 3.8) is 0 Å². The van der Waals surface area contributed by atoms with Gasteiger partial charge < -0.3 is 0 Å². The van der Waals surface area contributed by atoms with E-state index in [-0.39, 0.29) is 0 Å². The molecule has 0 bridgehead atoms. The van der Waals surface area contributed by atoms with E-state index in [0.717, 1.165) is 17.8 Å². The van der Waals surface area contributed by atoms with Gasteiger partial charge in [-0.05, 0) is 37.0 Å². The molecule has 3 atom stereocenters. The summed E-state index contributed by atoms with van der Waals surface area (Å²) in [5.74, 6) is 2.70. The standard InChI is InChI=1S/C12H22/c1-4-10(2)11(3)9-12-7-5-6-8-12/h5,7,10-12H,4,6,8-9H2,1-3H3. The zero-order valence-corrected chi connectivity index (χ0v) is 8.72. The molecule has 0 aliphatic heterocycles. The van der Waals surface area contributed by atoms with Crippen LogP contribution in [0.2, 0.25) is 0 Å². The van der Waals surface area contributed by atoms with Crippen LogP contribution >= 0.6 is 0 Å². The molecule has 0 heteroatoms. The summed E-state index contributed by atoms with van der Waals surface area (Å²) in [7, 11) is 0. The molecule has 1 rings (SSSR count). The van der Waals surface area contributed by atoms with Crippen LogP contribution in [0.3, 0.4) is 0 Å². The molecule has 0 aromatic carbocycles. The molecular formula is C12H22. The summed E-state index contributed by atoms with van der Waals surface area (Å²) in [6, 6.07) is 0. The van der Waals surface area contributed by atoms with Crippen molar-refractivity contribution in [3.8, 4) is 0 Å². The van der Waals surface area contributed by atoms with Gasteiger partial charge in [0.1, 0.15) is 0 Å². The fourth-order valence-corrected chi connectivity index (χ4v) is 2.00. The van der Waals surface area contributed by atoms with Gasteiger partial charge in [0.15, 0.2) is 0 Å². The van der Waals surface area contributed by atoms with E-state index in [4.69, 9.17) is 0 Å². The zero-order valence-electron chi connectivity index (χ0n) is 8.72. The molecule has 0 aromatic heterocycles. The maximum atomic E-state index is 2.42. The first kappa shape index (κ1) is 9.83. The van der Waals surface area contributed by atoms with Crippen molar-refractivity contribution in [1.29, 1.82) is 0 Å². The summed E-state index contributed by atoms with van der Waals surface area (Å²) in [6.07, 6.45) is 10.2. The van der Waals surface area contributed by atoms with E-state index < -0.39 is 0 Å². The Morgan fingerprint density at radius 1 is 1.33 bits per heavy atom. The highest BCUT2D eigenvalue weighted by atomic mass is 14.2. The second kappa shape index (κ2) is 4.69. The van der Waals surface area contributed by atoms with Crippen LogP contribution in [0.4, 0.5) is 0 Å². The van der Waals surface area contributed by atoms with Crippen LogP contribution in [-0.2, 0) is 0 Å². The van der Waals surface area contributed by atoms with Crippen LogP contribution in [0.15, 0.2) is 12.2 Å². The van der Waals surface area contributed by atoms with Crippen molar-refractivity contribution in [1.82, 2.24) is 0 Å². The molecule has 0 spiro atoms. The van der Waals surface area contributed by atoms with Crippen molar-refractivity contribution < 1.29 is 0 Å². The van der Waals surface area contributed by atoms with E-state index >= 15 is 0 Å². The van der Waals surface area contributed by atoms with Gasteiger partial charge in [-0.15, -0.1) is 0 Å². The van der Waals surface area contributed by atoms with Crippen molar-refractivity contribution in [2.45, 2.75) is 46.5 Å². The monoisotopic (exact) mass is 166 g/mol. The molecule has 3 unspecified atom stereocenters. The Morgan fingerprint density at radius 3 is 2.58 bits per heavy atom. The third-order valence-electron chi connectivity index (χ3n) is 3.40. The normalized spacial score (nSPS) is 27.4. The van der Waals surface area contributed by atoms with Crippen molar-refractivity contribution in [2.24, 2.45) is 17.8 Å². The third kappa shape index (κ3) is 2.66. The maximum Gasteiger partial charge on any atom is -0.0228 e. The Morgan fingerprint density at radius 2 is 2.08 bits per heavy atom. The van der Waals surface area contributed by atoms with Crippen molar-refractivity contribution in [3.05, 3.63) is 12.2 Å². The predicted octanol–water partition coefficient (Wildman–Crippen LogP) is 4.02. The van der Waals surface area contributed by atoms with Gasteiger partial charge in [-0.1, -0.05) is 39.3 Å². The summed E-state index contributed by atoms with van der Waals surface area (Å²) < 4.78 is 0. The van der Waals surface area contributed by atoms with Crippen LogP contribution in [0, 0.1) is 17.8 Å². The summed E-state index contributed by atoms with van der Waals surface area (Å²) in [4.78, 5) is 0. The lowest BCUT2D eigenvalue weighted by molar-refractivity contribution is 0.319. The van der Waals surface area contributed by atoms with Crippen LogP contribution in [0.25, 0.3) is 0 Å². The number of rotatable bonds is 4. The number of allylic oxidation sites excluding steroid dienone is 2. The van der Waals surface area contributed by atoms with Gasteiger partial charge >= 0.3 is 0 Å². The van der Waals surface area contributed by atoms with E-state index in [1.165, 1.54) is 25.7 Å². The molecule has 0 N–H and O–H groups in total. The van der Waals surface area contributed by atoms with E-state index in [2.05, 4.69) is 32.9 Å². The Labute approximate surface area is 77.1 Å². The quantitative estimate of drug-likeness (QED) is 0.553. The highest BCUT2D eigenvalue weighted by Gasteiger charge is 2.16.